The van der Waals surface area contributed by atoms with E-state index in [1.807, 2.05) is 61.6 Å². The lowest BCUT2D eigenvalue weighted by Gasteiger charge is -2.08. The second-order valence-corrected chi connectivity index (χ2v) is 4.67. The molecule has 3 heteroatoms. The lowest BCUT2D eigenvalue weighted by Crippen LogP contribution is -2.06. The van der Waals surface area contributed by atoms with Gasteiger partial charge in [-0.2, -0.15) is 0 Å². The summed E-state index contributed by atoms with van der Waals surface area (Å²) in [5.74, 6) is 0.572. The molecule has 76 valence electrons. The number of hydrogen-bond donors (Lipinski definition) is 0. The Labute approximate surface area is 88.4 Å². The van der Waals surface area contributed by atoms with E-state index in [2.05, 4.69) is 0 Å². The molecule has 1 aromatic rings. The summed E-state index contributed by atoms with van der Waals surface area (Å²) in [5.41, 5.74) is 0. The molecule has 0 fully saturated rings. The molecule has 1 rings (SSSR count). The van der Waals surface area contributed by atoms with Gasteiger partial charge in [-0.05, 0) is 35.6 Å². The van der Waals surface area contributed by atoms with E-state index in [0.717, 1.165) is 4.90 Å². The smallest absolute Gasteiger partial charge is 0.152 e. The minimum atomic E-state index is -0.913. The maximum atomic E-state index is 11.7. The van der Waals surface area contributed by atoms with Crippen molar-refractivity contribution in [3.8, 4) is 0 Å². The molecule has 14 heavy (non-hydrogen) atoms. The van der Waals surface area contributed by atoms with Gasteiger partial charge in [0.2, 0.25) is 0 Å². The van der Waals surface area contributed by atoms with Crippen molar-refractivity contribution in [1.82, 2.24) is 4.90 Å². The van der Waals surface area contributed by atoms with Crippen LogP contribution in [0.15, 0.2) is 47.5 Å². The Morgan fingerprint density at radius 2 is 1.93 bits per heavy atom. The lowest BCUT2D eigenvalue weighted by atomic mass is 10.4. The molecule has 1 aromatic carbocycles. The lowest BCUT2D eigenvalue weighted by molar-refractivity contribution is 0.562. The summed E-state index contributed by atoms with van der Waals surface area (Å²) in [6.07, 6.45) is 3.84. The fourth-order valence-corrected chi connectivity index (χ4v) is 1.92. The van der Waals surface area contributed by atoms with E-state index in [4.69, 9.17) is 0 Å². The quantitative estimate of drug-likeness (QED) is 0.708. The molecule has 0 bridgehead atoms. The Morgan fingerprint density at radius 3 is 2.50 bits per heavy atom. The number of nitrogens with zero attached hydrogens (tertiary/aromatic N) is 1. The molecule has 0 spiro atoms. The maximum Gasteiger partial charge on any atom is 0.152 e. The monoisotopic (exact) mass is 209 g/mol. The molecule has 0 N–H and O–H groups in total. The van der Waals surface area contributed by atoms with Crippen molar-refractivity contribution in [1.29, 1.82) is 0 Å². The van der Waals surface area contributed by atoms with Crippen molar-refractivity contribution in [2.45, 2.75) is 4.90 Å². The van der Waals surface area contributed by atoms with E-state index >= 15 is 0 Å². The highest BCUT2D eigenvalue weighted by molar-refractivity contribution is 7.91. The third-order valence-electron chi connectivity index (χ3n) is 1.66. The molecule has 0 heterocycles. The van der Waals surface area contributed by atoms with E-state index in [1.165, 1.54) is 0 Å². The SMILES string of the molecule is CN(C)C=CC[S+]([O-])c1ccccc1. The van der Waals surface area contributed by atoms with Crippen LogP contribution in [0.1, 0.15) is 0 Å². The van der Waals surface area contributed by atoms with Gasteiger partial charge in [-0.15, -0.1) is 0 Å². The molecule has 0 aromatic heterocycles. The summed E-state index contributed by atoms with van der Waals surface area (Å²) < 4.78 is 11.7. The van der Waals surface area contributed by atoms with Gasteiger partial charge >= 0.3 is 0 Å². The van der Waals surface area contributed by atoms with Gasteiger partial charge in [0.05, 0.1) is 0 Å². The number of benzene rings is 1. The van der Waals surface area contributed by atoms with Crippen molar-refractivity contribution in [3.63, 3.8) is 0 Å². The molecule has 0 aliphatic carbocycles. The zero-order valence-electron chi connectivity index (χ0n) is 8.51. The van der Waals surface area contributed by atoms with Crippen molar-refractivity contribution in [2.24, 2.45) is 0 Å². The van der Waals surface area contributed by atoms with Gasteiger partial charge in [0.25, 0.3) is 0 Å². The summed E-state index contributed by atoms with van der Waals surface area (Å²) in [6, 6.07) is 9.52. The molecule has 0 radical (unpaired) electrons. The summed E-state index contributed by atoms with van der Waals surface area (Å²) in [6.45, 7) is 0. The van der Waals surface area contributed by atoms with E-state index < -0.39 is 11.2 Å². The minimum Gasteiger partial charge on any atom is -0.611 e. The van der Waals surface area contributed by atoms with Crippen LogP contribution in [-0.2, 0) is 11.2 Å². The minimum absolute atomic E-state index is 0.572. The van der Waals surface area contributed by atoms with Gasteiger partial charge in [0.1, 0.15) is 5.75 Å². The highest BCUT2D eigenvalue weighted by atomic mass is 32.2. The Bertz CT molecular complexity index is 285. The van der Waals surface area contributed by atoms with E-state index in [9.17, 15) is 4.55 Å². The van der Waals surface area contributed by atoms with E-state index in [-0.39, 0.29) is 0 Å². The Hall–Kier alpha value is -0.930. The highest BCUT2D eigenvalue weighted by Gasteiger charge is 2.06. The van der Waals surface area contributed by atoms with Crippen molar-refractivity contribution in [3.05, 3.63) is 42.6 Å². The average molecular weight is 209 g/mol. The predicted octanol–water partition coefficient (Wildman–Crippen LogP) is 1.87. The Kier molecular flexibility index (Phi) is 4.56. The van der Waals surface area contributed by atoms with Crippen molar-refractivity contribution >= 4 is 11.2 Å². The molecule has 0 aliphatic rings. The van der Waals surface area contributed by atoms with E-state index in [1.54, 1.807) is 0 Å². The largest absolute Gasteiger partial charge is 0.611 e. The zero-order valence-corrected chi connectivity index (χ0v) is 9.33. The van der Waals surface area contributed by atoms with Crippen LogP contribution in [0.2, 0.25) is 0 Å². The standard InChI is InChI=1S/C11H15NOS/c1-12(2)9-6-10-14(13)11-7-4-3-5-8-11/h3-9H,10H2,1-2H3. The third kappa shape index (κ3) is 3.85. The second-order valence-electron chi connectivity index (χ2n) is 3.17. The summed E-state index contributed by atoms with van der Waals surface area (Å²) >= 11 is -0.913. The fourth-order valence-electron chi connectivity index (χ4n) is 1.01. The van der Waals surface area contributed by atoms with Crippen LogP contribution in [0.5, 0.6) is 0 Å². The summed E-state index contributed by atoms with van der Waals surface area (Å²) in [4.78, 5) is 2.82. The molecule has 0 saturated carbocycles. The van der Waals surface area contributed by atoms with Crippen LogP contribution in [0, 0.1) is 0 Å². The molecule has 0 amide bonds. The van der Waals surface area contributed by atoms with Crippen LogP contribution in [0.3, 0.4) is 0 Å². The van der Waals surface area contributed by atoms with E-state index in [0.29, 0.717) is 5.75 Å². The molecule has 0 saturated heterocycles. The van der Waals surface area contributed by atoms with Gasteiger partial charge in [-0.3, -0.25) is 0 Å². The van der Waals surface area contributed by atoms with Crippen LogP contribution < -0.4 is 0 Å². The normalized spacial score (nSPS) is 13.1. The van der Waals surface area contributed by atoms with Gasteiger partial charge in [-0.1, -0.05) is 18.2 Å². The molecular weight excluding hydrogens is 194 g/mol. The van der Waals surface area contributed by atoms with Crippen LogP contribution in [0.25, 0.3) is 0 Å². The molecule has 1 unspecified atom stereocenters. The number of hydrogen-bond acceptors (Lipinski definition) is 2. The summed E-state index contributed by atoms with van der Waals surface area (Å²) in [7, 11) is 3.89. The number of rotatable bonds is 4. The van der Waals surface area contributed by atoms with Crippen LogP contribution in [0.4, 0.5) is 0 Å². The first-order chi connectivity index (χ1) is 6.70. The molecule has 0 aliphatic heterocycles. The van der Waals surface area contributed by atoms with Crippen LogP contribution in [-0.4, -0.2) is 29.3 Å². The fraction of sp³-hybridized carbons (Fsp3) is 0.273. The topological polar surface area (TPSA) is 26.3 Å². The molecular formula is C11H15NOS. The Balaban J connectivity index is 2.47. The molecule has 1 atom stereocenters. The van der Waals surface area contributed by atoms with Gasteiger partial charge in [0.15, 0.2) is 4.90 Å². The predicted molar refractivity (Wildman–Crippen MR) is 60.5 cm³/mol. The van der Waals surface area contributed by atoms with Crippen molar-refractivity contribution in [2.75, 3.05) is 19.8 Å². The van der Waals surface area contributed by atoms with Crippen LogP contribution >= 0.6 is 0 Å². The van der Waals surface area contributed by atoms with Gasteiger partial charge < -0.3 is 9.45 Å². The third-order valence-corrected chi connectivity index (χ3v) is 2.95. The second kappa shape index (κ2) is 5.73. The zero-order chi connectivity index (χ0) is 10.4. The van der Waals surface area contributed by atoms with Gasteiger partial charge in [0, 0.05) is 14.1 Å². The maximum absolute atomic E-state index is 11.7. The summed E-state index contributed by atoms with van der Waals surface area (Å²) in [5, 5.41) is 0. The molecule has 2 nitrogen and oxygen atoms in total. The Morgan fingerprint density at radius 1 is 1.29 bits per heavy atom. The first-order valence-corrected chi connectivity index (χ1v) is 5.78. The first-order valence-electron chi connectivity index (χ1n) is 4.46. The highest BCUT2D eigenvalue weighted by Crippen LogP contribution is 2.09. The average Bonchev–Trinajstić information content (AvgIpc) is 2.18. The van der Waals surface area contributed by atoms with Crippen molar-refractivity contribution < 1.29 is 4.55 Å². The van der Waals surface area contributed by atoms with Gasteiger partial charge in [-0.25, -0.2) is 0 Å². The first kappa shape index (κ1) is 11.1.